The van der Waals surface area contributed by atoms with Crippen molar-refractivity contribution in [1.82, 2.24) is 0 Å². The molecule has 1 nitrogen and oxygen atoms in total. The van der Waals surface area contributed by atoms with Crippen molar-refractivity contribution in [3.8, 4) is 0 Å². The molecule has 0 N–H and O–H groups in total. The fourth-order valence-electron chi connectivity index (χ4n) is 1.15. The molecule has 0 aromatic carbocycles. The van der Waals surface area contributed by atoms with Gasteiger partial charge in [0.25, 0.3) is 0 Å². The van der Waals surface area contributed by atoms with Crippen LogP contribution >= 0.6 is 12.0 Å². The molecule has 0 saturated heterocycles. The maximum absolute atomic E-state index is 5.47. The predicted molar refractivity (Wildman–Crippen MR) is 41.5 cm³/mol. The van der Waals surface area contributed by atoms with Gasteiger partial charge < -0.3 is 4.18 Å². The third-order valence-electron chi connectivity index (χ3n) is 1.62. The highest BCUT2D eigenvalue weighted by molar-refractivity contribution is 7.94. The first-order valence-corrected chi connectivity index (χ1v) is 4.63. The van der Waals surface area contributed by atoms with Crippen molar-refractivity contribution in [2.75, 3.05) is 5.75 Å². The van der Waals surface area contributed by atoms with E-state index in [4.69, 9.17) is 4.18 Å². The standard InChI is InChI=1S/C7H14OS/c1-2-9-8-7-5-3-4-6-7/h7H,2-6H2,1H3. The van der Waals surface area contributed by atoms with E-state index in [1.807, 2.05) is 0 Å². The van der Waals surface area contributed by atoms with Crippen molar-refractivity contribution in [3.63, 3.8) is 0 Å². The fourth-order valence-corrected chi connectivity index (χ4v) is 1.67. The van der Waals surface area contributed by atoms with Gasteiger partial charge in [-0.3, -0.25) is 0 Å². The molecule has 0 bridgehead atoms. The number of hydrogen-bond acceptors (Lipinski definition) is 2. The monoisotopic (exact) mass is 146 g/mol. The summed E-state index contributed by atoms with van der Waals surface area (Å²) < 4.78 is 5.47. The zero-order valence-electron chi connectivity index (χ0n) is 5.93. The molecule has 0 unspecified atom stereocenters. The lowest BCUT2D eigenvalue weighted by Gasteiger charge is -2.06. The lowest BCUT2D eigenvalue weighted by molar-refractivity contribution is 0.251. The molecule has 1 fully saturated rings. The van der Waals surface area contributed by atoms with Gasteiger partial charge in [0, 0.05) is 5.75 Å². The highest BCUT2D eigenvalue weighted by Crippen LogP contribution is 2.24. The first-order chi connectivity index (χ1) is 4.43. The largest absolute Gasteiger partial charge is 0.312 e. The van der Waals surface area contributed by atoms with Gasteiger partial charge in [-0.1, -0.05) is 19.8 Å². The Hall–Kier alpha value is 0.310. The van der Waals surface area contributed by atoms with Gasteiger partial charge in [0.1, 0.15) is 0 Å². The van der Waals surface area contributed by atoms with Gasteiger partial charge in [-0.15, -0.1) is 0 Å². The van der Waals surface area contributed by atoms with Crippen LogP contribution in [-0.4, -0.2) is 11.9 Å². The smallest absolute Gasteiger partial charge is 0.0722 e. The van der Waals surface area contributed by atoms with Crippen molar-refractivity contribution >= 4 is 12.0 Å². The first-order valence-electron chi connectivity index (χ1n) is 3.71. The summed E-state index contributed by atoms with van der Waals surface area (Å²) in [4.78, 5) is 0. The van der Waals surface area contributed by atoms with Crippen LogP contribution in [0.1, 0.15) is 32.6 Å². The molecule has 0 spiro atoms. The van der Waals surface area contributed by atoms with Crippen LogP contribution < -0.4 is 0 Å². The molecule has 0 heterocycles. The molecule has 9 heavy (non-hydrogen) atoms. The van der Waals surface area contributed by atoms with Gasteiger partial charge in [0.15, 0.2) is 0 Å². The van der Waals surface area contributed by atoms with Crippen LogP contribution in [0.4, 0.5) is 0 Å². The van der Waals surface area contributed by atoms with Crippen LogP contribution in [-0.2, 0) is 4.18 Å². The van der Waals surface area contributed by atoms with Crippen LogP contribution in [0.25, 0.3) is 0 Å². The van der Waals surface area contributed by atoms with E-state index in [-0.39, 0.29) is 0 Å². The molecule has 2 heteroatoms. The van der Waals surface area contributed by atoms with E-state index in [1.54, 1.807) is 12.0 Å². The predicted octanol–water partition coefficient (Wildman–Crippen LogP) is 2.61. The van der Waals surface area contributed by atoms with Crippen molar-refractivity contribution in [3.05, 3.63) is 0 Å². The second kappa shape index (κ2) is 4.18. The van der Waals surface area contributed by atoms with Gasteiger partial charge in [-0.25, -0.2) is 0 Å². The van der Waals surface area contributed by atoms with Crippen molar-refractivity contribution in [2.24, 2.45) is 0 Å². The highest BCUT2D eigenvalue weighted by Gasteiger charge is 2.14. The summed E-state index contributed by atoms with van der Waals surface area (Å²) in [5.74, 6) is 1.08. The maximum Gasteiger partial charge on any atom is 0.0722 e. The minimum Gasteiger partial charge on any atom is -0.312 e. The Morgan fingerprint density at radius 3 is 2.67 bits per heavy atom. The molecule has 54 valence electrons. The van der Waals surface area contributed by atoms with E-state index in [0.717, 1.165) is 5.75 Å². The lowest BCUT2D eigenvalue weighted by atomic mass is 10.3. The lowest BCUT2D eigenvalue weighted by Crippen LogP contribution is -2.00. The molecule has 0 radical (unpaired) electrons. The zero-order valence-corrected chi connectivity index (χ0v) is 6.75. The van der Waals surface area contributed by atoms with Crippen LogP contribution in [0.2, 0.25) is 0 Å². The summed E-state index contributed by atoms with van der Waals surface area (Å²) in [5, 5.41) is 0. The first kappa shape index (κ1) is 7.42. The molecular weight excluding hydrogens is 132 g/mol. The molecule has 0 aromatic rings. The van der Waals surface area contributed by atoms with Gasteiger partial charge in [-0.2, -0.15) is 0 Å². The Balaban J connectivity index is 1.98. The summed E-state index contributed by atoms with van der Waals surface area (Å²) in [6.07, 6.45) is 5.89. The quantitative estimate of drug-likeness (QED) is 0.566. The number of rotatable bonds is 3. The Bertz CT molecular complexity index is 69.3. The van der Waals surface area contributed by atoms with E-state index in [2.05, 4.69) is 6.92 Å². The Morgan fingerprint density at radius 1 is 1.44 bits per heavy atom. The highest BCUT2D eigenvalue weighted by atomic mass is 32.2. The summed E-state index contributed by atoms with van der Waals surface area (Å²) in [6.45, 7) is 2.12. The minimum atomic E-state index is 0.579. The van der Waals surface area contributed by atoms with Gasteiger partial charge in [0.05, 0.1) is 6.10 Å². The summed E-state index contributed by atoms with van der Waals surface area (Å²) in [7, 11) is 0. The summed E-state index contributed by atoms with van der Waals surface area (Å²) in [5.41, 5.74) is 0. The second-order valence-electron chi connectivity index (χ2n) is 2.41. The van der Waals surface area contributed by atoms with E-state index in [0.29, 0.717) is 6.10 Å². The van der Waals surface area contributed by atoms with E-state index >= 15 is 0 Å². The third-order valence-corrected chi connectivity index (χ3v) is 2.27. The van der Waals surface area contributed by atoms with Crippen LogP contribution in [0, 0.1) is 0 Å². The Labute approximate surface area is 61.4 Å². The summed E-state index contributed by atoms with van der Waals surface area (Å²) in [6, 6.07) is 0. The van der Waals surface area contributed by atoms with Crippen LogP contribution in [0.15, 0.2) is 0 Å². The molecule has 0 amide bonds. The van der Waals surface area contributed by atoms with Crippen molar-refractivity contribution in [2.45, 2.75) is 38.7 Å². The molecule has 0 aliphatic heterocycles. The second-order valence-corrected chi connectivity index (χ2v) is 3.41. The third kappa shape index (κ3) is 2.59. The van der Waals surface area contributed by atoms with Gasteiger partial charge >= 0.3 is 0 Å². The maximum atomic E-state index is 5.47. The van der Waals surface area contributed by atoms with Gasteiger partial charge in [-0.05, 0) is 24.9 Å². The molecule has 0 aromatic heterocycles. The molecule has 1 aliphatic rings. The molecule has 1 saturated carbocycles. The topological polar surface area (TPSA) is 9.23 Å². The van der Waals surface area contributed by atoms with Crippen molar-refractivity contribution in [1.29, 1.82) is 0 Å². The van der Waals surface area contributed by atoms with E-state index < -0.39 is 0 Å². The minimum absolute atomic E-state index is 0.579. The fraction of sp³-hybridized carbons (Fsp3) is 1.00. The van der Waals surface area contributed by atoms with Gasteiger partial charge in [0.2, 0.25) is 0 Å². The molecular formula is C7H14OS. The van der Waals surface area contributed by atoms with Crippen LogP contribution in [0.3, 0.4) is 0 Å². The van der Waals surface area contributed by atoms with E-state index in [9.17, 15) is 0 Å². The Morgan fingerprint density at radius 2 is 2.11 bits per heavy atom. The average molecular weight is 146 g/mol. The molecule has 1 aliphatic carbocycles. The SMILES string of the molecule is CCSOC1CCCC1. The van der Waals surface area contributed by atoms with Crippen LogP contribution in [0.5, 0.6) is 0 Å². The normalized spacial score (nSPS) is 21.0. The molecule has 1 rings (SSSR count). The average Bonchev–Trinajstić information content (AvgIpc) is 2.34. The zero-order chi connectivity index (χ0) is 6.53. The molecule has 0 atom stereocenters. The van der Waals surface area contributed by atoms with Crippen molar-refractivity contribution < 1.29 is 4.18 Å². The number of hydrogen-bond donors (Lipinski definition) is 0. The van der Waals surface area contributed by atoms with E-state index in [1.165, 1.54) is 25.7 Å². The summed E-state index contributed by atoms with van der Waals surface area (Å²) >= 11 is 1.61. The Kier molecular flexibility index (Phi) is 3.44.